The van der Waals surface area contributed by atoms with Gasteiger partial charge >= 0.3 is 5.97 Å². The number of rotatable bonds is 5. The van der Waals surface area contributed by atoms with Crippen molar-refractivity contribution in [3.05, 3.63) is 48.0 Å². The van der Waals surface area contributed by atoms with Crippen molar-refractivity contribution in [1.82, 2.24) is 15.3 Å². The molecule has 8 heteroatoms. The quantitative estimate of drug-likeness (QED) is 0.794. The molecule has 1 saturated heterocycles. The second-order valence-electron chi connectivity index (χ2n) is 5.35. The average molecular weight is 331 g/mol. The predicted octanol–water partition coefficient (Wildman–Crippen LogP) is 0.725. The lowest BCUT2D eigenvalue weighted by Crippen LogP contribution is -2.42. The normalized spacial score (nSPS) is 19.8. The van der Waals surface area contributed by atoms with Crippen LogP contribution in [0.2, 0.25) is 0 Å². The highest BCUT2D eigenvalue weighted by Gasteiger charge is 2.29. The highest BCUT2D eigenvalue weighted by Crippen LogP contribution is 2.28. The van der Waals surface area contributed by atoms with Crippen LogP contribution in [0.3, 0.4) is 0 Å². The molecule has 1 amide bonds. The first-order valence-corrected chi connectivity index (χ1v) is 7.51. The molecule has 1 aromatic rings. The number of methoxy groups -OCH3 is 1. The summed E-state index contributed by atoms with van der Waals surface area (Å²) in [5.41, 5.74) is 0.857. The fraction of sp³-hybridized carbons (Fsp3) is 0.375. The number of amides is 1. The molecule has 24 heavy (non-hydrogen) atoms. The summed E-state index contributed by atoms with van der Waals surface area (Å²) in [5.74, 6) is -0.309. The zero-order valence-electron chi connectivity index (χ0n) is 13.1. The lowest BCUT2D eigenvalue weighted by Gasteiger charge is -2.20. The van der Waals surface area contributed by atoms with E-state index in [0.29, 0.717) is 6.61 Å². The van der Waals surface area contributed by atoms with Crippen molar-refractivity contribution in [1.29, 1.82) is 0 Å². The van der Waals surface area contributed by atoms with E-state index >= 15 is 0 Å². The van der Waals surface area contributed by atoms with Crippen molar-refractivity contribution in [2.75, 3.05) is 13.7 Å². The summed E-state index contributed by atoms with van der Waals surface area (Å²) in [5, 5.41) is 2.61. The van der Waals surface area contributed by atoms with Gasteiger partial charge in [0.25, 0.3) is 5.91 Å². The summed E-state index contributed by atoms with van der Waals surface area (Å²) in [6, 6.07) is -0.867. The predicted molar refractivity (Wildman–Crippen MR) is 81.5 cm³/mol. The van der Waals surface area contributed by atoms with Crippen LogP contribution in [0.5, 0.6) is 0 Å². The van der Waals surface area contributed by atoms with Gasteiger partial charge in [-0.3, -0.25) is 9.78 Å². The van der Waals surface area contributed by atoms with Crippen molar-refractivity contribution < 1.29 is 23.8 Å². The van der Waals surface area contributed by atoms with E-state index in [1.807, 2.05) is 6.08 Å². The third kappa shape index (κ3) is 3.53. The molecule has 2 aliphatic rings. The van der Waals surface area contributed by atoms with Gasteiger partial charge in [0.1, 0.15) is 17.5 Å². The molecule has 0 radical (unpaired) electrons. The van der Waals surface area contributed by atoms with Gasteiger partial charge in [-0.15, -0.1) is 0 Å². The number of allylic oxidation sites excluding steroid dienone is 1. The monoisotopic (exact) mass is 331 g/mol. The Morgan fingerprint density at radius 2 is 2.33 bits per heavy atom. The lowest BCUT2D eigenvalue weighted by molar-refractivity contribution is -0.142. The lowest BCUT2D eigenvalue weighted by atomic mass is 10.0. The molecule has 1 unspecified atom stereocenters. The summed E-state index contributed by atoms with van der Waals surface area (Å²) < 4.78 is 15.8. The summed E-state index contributed by atoms with van der Waals surface area (Å²) in [4.78, 5) is 31.9. The minimum atomic E-state index is -0.867. The minimum absolute atomic E-state index is 0.0560. The topological polar surface area (TPSA) is 99.6 Å². The van der Waals surface area contributed by atoms with Gasteiger partial charge in [0.2, 0.25) is 0 Å². The Kier molecular flexibility index (Phi) is 4.74. The molecule has 1 N–H and O–H groups in total. The maximum atomic E-state index is 12.2. The molecular weight excluding hydrogens is 314 g/mol. The number of aromatic nitrogens is 2. The molecule has 126 valence electrons. The molecular formula is C16H17N3O5. The first kappa shape index (κ1) is 16.0. The van der Waals surface area contributed by atoms with E-state index in [-0.39, 0.29) is 18.2 Å². The van der Waals surface area contributed by atoms with Crippen LogP contribution in [0.1, 0.15) is 23.3 Å². The third-order valence-corrected chi connectivity index (χ3v) is 3.70. The maximum Gasteiger partial charge on any atom is 0.328 e. The molecule has 0 bridgehead atoms. The van der Waals surface area contributed by atoms with Crippen LogP contribution in [0.15, 0.2) is 42.3 Å². The molecule has 0 aromatic carbocycles. The molecule has 0 aliphatic carbocycles. The SMILES string of the molecule is COC(=O)[C@H](CC1=COC2CCOC2=C1)NC(=O)c1cnccn1. The Morgan fingerprint density at radius 1 is 1.46 bits per heavy atom. The fourth-order valence-electron chi connectivity index (χ4n) is 2.50. The van der Waals surface area contributed by atoms with Crippen molar-refractivity contribution in [2.45, 2.75) is 25.0 Å². The van der Waals surface area contributed by atoms with E-state index in [1.54, 1.807) is 6.26 Å². The van der Waals surface area contributed by atoms with Gasteiger partial charge in [-0.25, -0.2) is 9.78 Å². The number of nitrogens with zero attached hydrogens (tertiary/aromatic N) is 2. The molecule has 0 saturated carbocycles. The number of carbonyl (C=O) groups excluding carboxylic acids is 2. The molecule has 1 aromatic heterocycles. The number of nitrogens with one attached hydrogen (secondary N) is 1. The van der Waals surface area contributed by atoms with Gasteiger partial charge in [-0.2, -0.15) is 0 Å². The van der Waals surface area contributed by atoms with Gasteiger partial charge in [-0.05, 0) is 11.6 Å². The Hall–Kier alpha value is -2.90. The molecule has 2 aliphatic heterocycles. The van der Waals surface area contributed by atoms with E-state index in [2.05, 4.69) is 15.3 Å². The van der Waals surface area contributed by atoms with Crippen LogP contribution in [0.4, 0.5) is 0 Å². The highest BCUT2D eigenvalue weighted by atomic mass is 16.5. The minimum Gasteiger partial charge on any atom is -0.494 e. The Balaban J connectivity index is 1.70. The van der Waals surface area contributed by atoms with Crippen LogP contribution in [0, 0.1) is 0 Å². The number of fused-ring (bicyclic) bond motifs is 1. The van der Waals surface area contributed by atoms with Gasteiger partial charge in [0, 0.05) is 25.2 Å². The van der Waals surface area contributed by atoms with Gasteiger partial charge in [0.15, 0.2) is 6.10 Å². The van der Waals surface area contributed by atoms with Crippen LogP contribution in [-0.4, -0.2) is 47.7 Å². The van der Waals surface area contributed by atoms with Crippen LogP contribution in [-0.2, 0) is 19.0 Å². The summed E-state index contributed by atoms with van der Waals surface area (Å²) >= 11 is 0. The van der Waals surface area contributed by atoms with Crippen LogP contribution < -0.4 is 5.32 Å². The summed E-state index contributed by atoms with van der Waals surface area (Å²) in [6.07, 6.45) is 8.59. The van der Waals surface area contributed by atoms with Crippen LogP contribution in [0.25, 0.3) is 0 Å². The molecule has 8 nitrogen and oxygen atoms in total. The summed E-state index contributed by atoms with van der Waals surface area (Å²) in [6.45, 7) is 0.613. The van der Waals surface area contributed by atoms with Crippen LogP contribution >= 0.6 is 0 Å². The first-order chi connectivity index (χ1) is 11.7. The zero-order chi connectivity index (χ0) is 16.9. The smallest absolute Gasteiger partial charge is 0.328 e. The standard InChI is InChI=1S/C16H17N3O5/c1-22-16(21)11(19-15(20)12-8-17-3-4-18-12)6-10-7-14-13(24-9-10)2-5-23-14/h3-4,7-9,11,13H,2,5-6H2,1H3,(H,19,20)/t11-,13?/m0/s1. The van der Waals surface area contributed by atoms with Crippen molar-refractivity contribution >= 4 is 11.9 Å². The van der Waals surface area contributed by atoms with E-state index in [0.717, 1.165) is 17.8 Å². The number of esters is 1. The fourth-order valence-corrected chi connectivity index (χ4v) is 2.50. The maximum absolute atomic E-state index is 12.2. The zero-order valence-corrected chi connectivity index (χ0v) is 13.1. The largest absolute Gasteiger partial charge is 0.494 e. The van der Waals surface area contributed by atoms with Gasteiger partial charge in [0.05, 0.1) is 26.2 Å². The van der Waals surface area contributed by atoms with Crippen molar-refractivity contribution in [2.24, 2.45) is 0 Å². The molecule has 1 fully saturated rings. The van der Waals surface area contributed by atoms with Gasteiger partial charge in [-0.1, -0.05) is 0 Å². The van der Waals surface area contributed by atoms with E-state index in [4.69, 9.17) is 14.2 Å². The number of carbonyl (C=O) groups is 2. The Labute approximate surface area is 138 Å². The highest BCUT2D eigenvalue weighted by molar-refractivity contribution is 5.95. The van der Waals surface area contributed by atoms with E-state index in [1.165, 1.54) is 25.7 Å². The number of ether oxygens (including phenoxy) is 3. The molecule has 2 atom stereocenters. The first-order valence-electron chi connectivity index (χ1n) is 7.51. The summed E-state index contributed by atoms with van der Waals surface area (Å²) in [7, 11) is 1.27. The second kappa shape index (κ2) is 7.12. The number of hydrogen-bond acceptors (Lipinski definition) is 7. The Bertz CT molecular complexity index is 686. The average Bonchev–Trinajstić information content (AvgIpc) is 3.09. The van der Waals surface area contributed by atoms with E-state index < -0.39 is 17.9 Å². The third-order valence-electron chi connectivity index (χ3n) is 3.70. The Morgan fingerprint density at radius 3 is 3.08 bits per heavy atom. The van der Waals surface area contributed by atoms with Crippen molar-refractivity contribution in [3.63, 3.8) is 0 Å². The molecule has 3 rings (SSSR count). The second-order valence-corrected chi connectivity index (χ2v) is 5.35. The van der Waals surface area contributed by atoms with Crippen molar-refractivity contribution in [3.8, 4) is 0 Å². The molecule has 3 heterocycles. The van der Waals surface area contributed by atoms with E-state index in [9.17, 15) is 9.59 Å². The number of hydrogen-bond donors (Lipinski definition) is 1. The molecule has 0 spiro atoms. The van der Waals surface area contributed by atoms with Gasteiger partial charge < -0.3 is 19.5 Å².